The first-order valence-corrected chi connectivity index (χ1v) is 6.13. The van der Waals surface area contributed by atoms with Crippen molar-refractivity contribution in [3.63, 3.8) is 0 Å². The zero-order valence-corrected chi connectivity index (χ0v) is 10.7. The lowest BCUT2D eigenvalue weighted by Gasteiger charge is -2.19. The minimum Gasteiger partial charge on any atom is -0.380 e. The summed E-state index contributed by atoms with van der Waals surface area (Å²) in [5.74, 6) is 0. The quantitative estimate of drug-likeness (QED) is 0.569. The Labute approximate surface area is 94.5 Å². The van der Waals surface area contributed by atoms with Crippen molar-refractivity contribution in [2.75, 3.05) is 26.4 Å². The number of hydrogen-bond donors (Lipinski definition) is 1. The van der Waals surface area contributed by atoms with Gasteiger partial charge in [0.25, 0.3) is 0 Å². The molecule has 1 atom stereocenters. The van der Waals surface area contributed by atoms with Crippen LogP contribution < -0.4 is 5.32 Å². The second-order valence-electron chi connectivity index (χ2n) is 4.11. The van der Waals surface area contributed by atoms with Crippen molar-refractivity contribution < 1.29 is 9.47 Å². The zero-order chi connectivity index (χ0) is 11.5. The summed E-state index contributed by atoms with van der Waals surface area (Å²) in [6.45, 7) is 11.8. The lowest BCUT2D eigenvalue weighted by Crippen LogP contribution is -2.38. The third kappa shape index (κ3) is 10.2. The van der Waals surface area contributed by atoms with Crippen molar-refractivity contribution in [1.29, 1.82) is 0 Å². The Balaban J connectivity index is 3.63. The molecule has 3 nitrogen and oxygen atoms in total. The van der Waals surface area contributed by atoms with Gasteiger partial charge in [0.2, 0.25) is 0 Å². The highest BCUT2D eigenvalue weighted by atomic mass is 16.5. The summed E-state index contributed by atoms with van der Waals surface area (Å²) in [5.41, 5.74) is 0. The molecule has 3 heteroatoms. The first-order chi connectivity index (χ1) is 7.20. The molecule has 1 unspecified atom stereocenters. The average molecular weight is 217 g/mol. The molecule has 0 heterocycles. The zero-order valence-electron chi connectivity index (χ0n) is 10.7. The highest BCUT2D eigenvalue weighted by Crippen LogP contribution is 1.94. The van der Waals surface area contributed by atoms with Gasteiger partial charge in [0.05, 0.1) is 25.4 Å². The molecule has 92 valence electrons. The van der Waals surface area contributed by atoms with Gasteiger partial charge >= 0.3 is 0 Å². The van der Waals surface area contributed by atoms with E-state index in [2.05, 4.69) is 33.0 Å². The first kappa shape index (κ1) is 14.9. The molecule has 0 saturated heterocycles. The molecule has 0 spiro atoms. The van der Waals surface area contributed by atoms with Crippen LogP contribution in [0, 0.1) is 0 Å². The van der Waals surface area contributed by atoms with E-state index < -0.39 is 0 Å². The average Bonchev–Trinajstić information content (AvgIpc) is 2.21. The maximum atomic E-state index is 5.59. The third-order valence-corrected chi connectivity index (χ3v) is 1.98. The summed E-state index contributed by atoms with van der Waals surface area (Å²) in [6.07, 6.45) is 2.51. The Morgan fingerprint density at radius 1 is 1.07 bits per heavy atom. The maximum absolute atomic E-state index is 5.59. The Morgan fingerprint density at radius 3 is 2.33 bits per heavy atom. The largest absolute Gasteiger partial charge is 0.380 e. The molecule has 0 fully saturated rings. The monoisotopic (exact) mass is 217 g/mol. The van der Waals surface area contributed by atoms with E-state index in [4.69, 9.17) is 9.47 Å². The molecule has 0 bridgehead atoms. The molecular weight excluding hydrogens is 190 g/mol. The van der Waals surface area contributed by atoms with Crippen LogP contribution in [0.15, 0.2) is 0 Å². The Bertz CT molecular complexity index is 129. The summed E-state index contributed by atoms with van der Waals surface area (Å²) in [6, 6.07) is 0.332. The molecule has 15 heavy (non-hydrogen) atoms. The van der Waals surface area contributed by atoms with Crippen molar-refractivity contribution in [3.05, 3.63) is 0 Å². The van der Waals surface area contributed by atoms with E-state index in [0.29, 0.717) is 12.1 Å². The number of hydrogen-bond acceptors (Lipinski definition) is 3. The summed E-state index contributed by atoms with van der Waals surface area (Å²) in [7, 11) is 0. The SMILES string of the molecule is CCCNC(COCCC)COC(C)C. The van der Waals surface area contributed by atoms with E-state index in [1.54, 1.807) is 0 Å². The van der Waals surface area contributed by atoms with Crippen molar-refractivity contribution in [3.8, 4) is 0 Å². The van der Waals surface area contributed by atoms with Crippen molar-refractivity contribution in [1.82, 2.24) is 5.32 Å². The van der Waals surface area contributed by atoms with Gasteiger partial charge in [0.1, 0.15) is 0 Å². The molecule has 0 aromatic heterocycles. The molecule has 0 aromatic carbocycles. The second-order valence-corrected chi connectivity index (χ2v) is 4.11. The second kappa shape index (κ2) is 10.4. The standard InChI is InChI=1S/C12H27NO2/c1-5-7-13-12(9-14-8-6-2)10-15-11(3)4/h11-13H,5-10H2,1-4H3. The fourth-order valence-corrected chi connectivity index (χ4v) is 1.19. The number of nitrogens with one attached hydrogen (secondary N) is 1. The van der Waals surface area contributed by atoms with Crippen LogP contribution in [0.4, 0.5) is 0 Å². The van der Waals surface area contributed by atoms with Crippen LogP contribution in [0.2, 0.25) is 0 Å². The molecule has 0 aliphatic rings. The van der Waals surface area contributed by atoms with Gasteiger partial charge in [-0.1, -0.05) is 13.8 Å². The highest BCUT2D eigenvalue weighted by Gasteiger charge is 2.08. The predicted octanol–water partition coefficient (Wildman–Crippen LogP) is 2.21. The molecule has 0 amide bonds. The highest BCUT2D eigenvalue weighted by molar-refractivity contribution is 4.65. The first-order valence-electron chi connectivity index (χ1n) is 6.13. The van der Waals surface area contributed by atoms with Crippen LogP contribution >= 0.6 is 0 Å². The van der Waals surface area contributed by atoms with Crippen LogP contribution in [0.5, 0.6) is 0 Å². The summed E-state index contributed by atoms with van der Waals surface area (Å²) < 4.78 is 11.1. The van der Waals surface area contributed by atoms with Gasteiger partial charge in [-0.2, -0.15) is 0 Å². The number of rotatable bonds is 10. The van der Waals surface area contributed by atoms with Gasteiger partial charge < -0.3 is 14.8 Å². The molecule has 0 radical (unpaired) electrons. The van der Waals surface area contributed by atoms with Crippen LogP contribution in [-0.2, 0) is 9.47 Å². The fraction of sp³-hybridized carbons (Fsp3) is 1.00. The lowest BCUT2D eigenvalue weighted by atomic mass is 10.3. The summed E-state index contributed by atoms with van der Waals surface area (Å²) in [4.78, 5) is 0. The maximum Gasteiger partial charge on any atom is 0.0645 e. The van der Waals surface area contributed by atoms with Crippen molar-refractivity contribution >= 4 is 0 Å². The Morgan fingerprint density at radius 2 is 1.80 bits per heavy atom. The van der Waals surface area contributed by atoms with E-state index >= 15 is 0 Å². The lowest BCUT2D eigenvalue weighted by molar-refractivity contribution is 0.0289. The molecule has 0 rings (SSSR count). The van der Waals surface area contributed by atoms with Crippen molar-refractivity contribution in [2.24, 2.45) is 0 Å². The third-order valence-electron chi connectivity index (χ3n) is 1.98. The Hall–Kier alpha value is -0.120. The topological polar surface area (TPSA) is 30.5 Å². The molecule has 0 aliphatic carbocycles. The normalized spacial score (nSPS) is 13.4. The minimum atomic E-state index is 0.294. The predicted molar refractivity (Wildman–Crippen MR) is 64.3 cm³/mol. The van der Waals surface area contributed by atoms with E-state index in [1.807, 2.05) is 0 Å². The van der Waals surface area contributed by atoms with Gasteiger partial charge in [-0.05, 0) is 33.2 Å². The van der Waals surface area contributed by atoms with Crippen LogP contribution in [0.3, 0.4) is 0 Å². The van der Waals surface area contributed by atoms with E-state index in [0.717, 1.165) is 39.2 Å². The van der Waals surface area contributed by atoms with Gasteiger partial charge in [-0.3, -0.25) is 0 Å². The Kier molecular flexibility index (Phi) is 10.3. The molecule has 0 saturated carbocycles. The fourth-order valence-electron chi connectivity index (χ4n) is 1.19. The molecule has 0 aliphatic heterocycles. The minimum absolute atomic E-state index is 0.294. The summed E-state index contributed by atoms with van der Waals surface area (Å²) in [5, 5.41) is 3.43. The van der Waals surface area contributed by atoms with Crippen molar-refractivity contribution in [2.45, 2.75) is 52.7 Å². The van der Waals surface area contributed by atoms with E-state index in [1.165, 1.54) is 0 Å². The van der Waals surface area contributed by atoms with Gasteiger partial charge in [0, 0.05) is 6.61 Å². The van der Waals surface area contributed by atoms with E-state index in [-0.39, 0.29) is 0 Å². The van der Waals surface area contributed by atoms with Crippen LogP contribution in [0.25, 0.3) is 0 Å². The van der Waals surface area contributed by atoms with Gasteiger partial charge in [-0.15, -0.1) is 0 Å². The summed E-state index contributed by atoms with van der Waals surface area (Å²) >= 11 is 0. The smallest absolute Gasteiger partial charge is 0.0645 e. The molecule has 1 N–H and O–H groups in total. The van der Waals surface area contributed by atoms with Crippen LogP contribution in [-0.4, -0.2) is 38.5 Å². The van der Waals surface area contributed by atoms with Gasteiger partial charge in [0.15, 0.2) is 0 Å². The molecular formula is C12H27NO2. The van der Waals surface area contributed by atoms with Gasteiger partial charge in [-0.25, -0.2) is 0 Å². The number of ether oxygens (including phenoxy) is 2. The van der Waals surface area contributed by atoms with Crippen LogP contribution in [0.1, 0.15) is 40.5 Å². The molecule has 0 aromatic rings. The van der Waals surface area contributed by atoms with E-state index in [9.17, 15) is 0 Å².